The van der Waals surface area contributed by atoms with Gasteiger partial charge in [-0.2, -0.15) is 0 Å². The van der Waals surface area contributed by atoms with Crippen molar-refractivity contribution in [1.29, 1.82) is 0 Å². The molecular weight excluding hydrogens is 288 g/mol. The van der Waals surface area contributed by atoms with E-state index in [0.29, 0.717) is 26.1 Å². The van der Waals surface area contributed by atoms with Gasteiger partial charge in [-0.05, 0) is 18.6 Å². The Balaban J connectivity index is 1.87. The smallest absolute Gasteiger partial charge is 0.127 e. The van der Waals surface area contributed by atoms with Crippen LogP contribution < -0.4 is 10.5 Å². The van der Waals surface area contributed by atoms with E-state index < -0.39 is 0 Å². The Hall–Kier alpha value is -0.810. The highest BCUT2D eigenvalue weighted by Gasteiger charge is 2.34. The van der Waals surface area contributed by atoms with Gasteiger partial charge in [0.25, 0.3) is 0 Å². The molecule has 2 aliphatic rings. The predicted octanol–water partition coefficient (Wildman–Crippen LogP) is 1.90. The summed E-state index contributed by atoms with van der Waals surface area (Å²) in [7, 11) is 0. The van der Waals surface area contributed by atoms with Gasteiger partial charge >= 0.3 is 0 Å². The van der Waals surface area contributed by atoms with Gasteiger partial charge in [-0.1, -0.05) is 25.4 Å². The summed E-state index contributed by atoms with van der Waals surface area (Å²) in [6.45, 7) is 7.17. The van der Waals surface area contributed by atoms with Crippen molar-refractivity contribution in [2.24, 2.45) is 5.73 Å². The number of nitrogens with zero attached hydrogens (tertiary/aromatic N) is 1. The van der Waals surface area contributed by atoms with Crippen molar-refractivity contribution in [3.05, 3.63) is 28.3 Å². The van der Waals surface area contributed by atoms with Crippen molar-refractivity contribution in [3.8, 4) is 5.75 Å². The first kappa shape index (κ1) is 15.1. The first-order valence-corrected chi connectivity index (χ1v) is 7.84. The third kappa shape index (κ3) is 3.04. The number of hydrogen-bond acceptors (Lipinski definition) is 4. The topological polar surface area (TPSA) is 58.7 Å². The van der Waals surface area contributed by atoms with E-state index in [1.165, 1.54) is 5.56 Å². The molecule has 0 spiro atoms. The Labute approximate surface area is 130 Å². The van der Waals surface area contributed by atoms with Gasteiger partial charge in [-0.15, -0.1) is 0 Å². The number of aliphatic hydroxyl groups is 1. The second-order valence-electron chi connectivity index (χ2n) is 6.96. The van der Waals surface area contributed by atoms with Crippen LogP contribution >= 0.6 is 11.6 Å². The number of ether oxygens (including phenoxy) is 1. The summed E-state index contributed by atoms with van der Waals surface area (Å²) in [5, 5.41) is 10.6. The van der Waals surface area contributed by atoms with Crippen LogP contribution in [0.3, 0.4) is 0 Å². The van der Waals surface area contributed by atoms with Gasteiger partial charge in [-0.3, -0.25) is 4.90 Å². The van der Waals surface area contributed by atoms with Crippen LogP contribution in [0.4, 0.5) is 0 Å². The molecule has 3 rings (SSSR count). The lowest BCUT2D eigenvalue weighted by Gasteiger charge is -2.34. The van der Waals surface area contributed by atoms with Crippen molar-refractivity contribution in [1.82, 2.24) is 4.90 Å². The largest absolute Gasteiger partial charge is 0.492 e. The number of fused-ring (bicyclic) bond motifs is 1. The molecule has 3 N–H and O–H groups in total. The lowest BCUT2D eigenvalue weighted by Crippen LogP contribution is -2.48. The zero-order valence-corrected chi connectivity index (χ0v) is 13.4. The standard InChI is InChI=1S/C16H23ClN2O2/c1-16(2)9-21-15-10(3-11(17)4-14(15)16)6-19-7-12(18)5-13(20)8-19/h3-4,12-13,20H,5-9,18H2,1-2H3/t12-,13+/m0/s1. The number of halogens is 1. The average Bonchev–Trinajstić information content (AvgIpc) is 2.64. The molecule has 0 aromatic heterocycles. The van der Waals surface area contributed by atoms with Crippen molar-refractivity contribution < 1.29 is 9.84 Å². The van der Waals surface area contributed by atoms with E-state index in [9.17, 15) is 5.11 Å². The minimum absolute atomic E-state index is 0.00714. The van der Waals surface area contributed by atoms with Crippen molar-refractivity contribution in [2.45, 2.75) is 44.4 Å². The number of aliphatic hydroxyl groups excluding tert-OH is 1. The zero-order chi connectivity index (χ0) is 15.2. The average molecular weight is 311 g/mol. The van der Waals surface area contributed by atoms with Gasteiger partial charge in [-0.25, -0.2) is 0 Å². The number of benzene rings is 1. The van der Waals surface area contributed by atoms with E-state index in [-0.39, 0.29) is 17.6 Å². The van der Waals surface area contributed by atoms with Gasteiger partial charge in [0.05, 0.1) is 12.7 Å². The third-order valence-corrected chi connectivity index (χ3v) is 4.59. The summed E-state index contributed by atoms with van der Waals surface area (Å²) in [4.78, 5) is 2.18. The minimum Gasteiger partial charge on any atom is -0.492 e. The van der Waals surface area contributed by atoms with E-state index in [0.717, 1.165) is 22.9 Å². The van der Waals surface area contributed by atoms with E-state index in [1.54, 1.807) is 0 Å². The molecule has 0 unspecified atom stereocenters. The highest BCUT2D eigenvalue weighted by atomic mass is 35.5. The number of nitrogens with two attached hydrogens (primary N) is 1. The number of piperidine rings is 1. The molecule has 116 valence electrons. The molecule has 0 saturated carbocycles. The fourth-order valence-corrected chi connectivity index (χ4v) is 3.58. The highest BCUT2D eigenvalue weighted by molar-refractivity contribution is 6.30. The summed E-state index contributed by atoms with van der Waals surface area (Å²) >= 11 is 6.28. The first-order valence-electron chi connectivity index (χ1n) is 7.47. The normalized spacial score (nSPS) is 28.2. The van der Waals surface area contributed by atoms with E-state index in [4.69, 9.17) is 22.1 Å². The Bertz CT molecular complexity index is 537. The molecule has 2 atom stereocenters. The summed E-state index contributed by atoms with van der Waals surface area (Å²) in [6.07, 6.45) is 0.326. The monoisotopic (exact) mass is 310 g/mol. The highest BCUT2D eigenvalue weighted by Crippen LogP contribution is 2.42. The van der Waals surface area contributed by atoms with Gasteiger partial charge in [0, 0.05) is 47.2 Å². The Kier molecular flexibility index (Phi) is 3.91. The molecule has 1 aromatic carbocycles. The lowest BCUT2D eigenvalue weighted by atomic mass is 9.86. The number of β-amino-alcohol motifs (C(OH)–C–C–N with tert-alkyl or cyclic N) is 1. The second-order valence-corrected chi connectivity index (χ2v) is 7.39. The van der Waals surface area contributed by atoms with Gasteiger partial charge < -0.3 is 15.6 Å². The van der Waals surface area contributed by atoms with Crippen LogP contribution in [0.5, 0.6) is 5.75 Å². The van der Waals surface area contributed by atoms with Crippen LogP contribution in [0.2, 0.25) is 5.02 Å². The maximum absolute atomic E-state index is 9.88. The van der Waals surface area contributed by atoms with Crippen LogP contribution in [0.1, 0.15) is 31.4 Å². The summed E-state index contributed by atoms with van der Waals surface area (Å²) < 4.78 is 5.92. The van der Waals surface area contributed by atoms with Crippen LogP contribution in [-0.2, 0) is 12.0 Å². The molecule has 2 aliphatic heterocycles. The quantitative estimate of drug-likeness (QED) is 0.876. The molecule has 4 nitrogen and oxygen atoms in total. The van der Waals surface area contributed by atoms with Crippen LogP contribution in [0.25, 0.3) is 0 Å². The van der Waals surface area contributed by atoms with Crippen molar-refractivity contribution >= 4 is 11.6 Å². The Morgan fingerprint density at radius 2 is 2.19 bits per heavy atom. The van der Waals surface area contributed by atoms with Crippen LogP contribution in [0.15, 0.2) is 12.1 Å². The first-order chi connectivity index (χ1) is 9.85. The van der Waals surface area contributed by atoms with E-state index >= 15 is 0 Å². The van der Waals surface area contributed by atoms with Crippen LogP contribution in [-0.4, -0.2) is 41.8 Å². The third-order valence-electron chi connectivity index (χ3n) is 4.37. The van der Waals surface area contributed by atoms with Gasteiger partial charge in [0.15, 0.2) is 0 Å². The SMILES string of the molecule is CC1(C)COc2c(CN3C[C@@H](N)C[C@@H](O)C3)cc(Cl)cc21. The van der Waals surface area contributed by atoms with E-state index in [1.807, 2.05) is 12.1 Å². The fraction of sp³-hybridized carbons (Fsp3) is 0.625. The van der Waals surface area contributed by atoms with E-state index in [2.05, 4.69) is 18.7 Å². The molecule has 1 aromatic rings. The number of hydrogen-bond donors (Lipinski definition) is 2. The number of likely N-dealkylation sites (tertiary alicyclic amines) is 1. The lowest BCUT2D eigenvalue weighted by molar-refractivity contribution is 0.0560. The van der Waals surface area contributed by atoms with Gasteiger partial charge in [0.1, 0.15) is 5.75 Å². The van der Waals surface area contributed by atoms with Crippen molar-refractivity contribution in [3.63, 3.8) is 0 Å². The molecule has 0 amide bonds. The molecule has 0 bridgehead atoms. The zero-order valence-electron chi connectivity index (χ0n) is 12.6. The predicted molar refractivity (Wildman–Crippen MR) is 83.8 cm³/mol. The molecule has 5 heteroatoms. The molecule has 0 radical (unpaired) electrons. The molecule has 0 aliphatic carbocycles. The molecule has 1 fully saturated rings. The number of rotatable bonds is 2. The molecule has 1 saturated heterocycles. The summed E-state index contributed by atoms with van der Waals surface area (Å²) in [5.41, 5.74) is 8.25. The molecule has 21 heavy (non-hydrogen) atoms. The van der Waals surface area contributed by atoms with Crippen LogP contribution in [0, 0.1) is 0 Å². The summed E-state index contributed by atoms with van der Waals surface area (Å²) in [6, 6.07) is 4.00. The minimum atomic E-state index is -0.349. The molecular formula is C16H23ClN2O2. The summed E-state index contributed by atoms with van der Waals surface area (Å²) in [5.74, 6) is 0.957. The molecule has 2 heterocycles. The van der Waals surface area contributed by atoms with Crippen molar-refractivity contribution in [2.75, 3.05) is 19.7 Å². The fourth-order valence-electron chi connectivity index (χ4n) is 3.34. The Morgan fingerprint density at radius 3 is 2.90 bits per heavy atom. The second kappa shape index (κ2) is 5.43. The van der Waals surface area contributed by atoms with Gasteiger partial charge in [0.2, 0.25) is 0 Å². The Morgan fingerprint density at radius 1 is 1.43 bits per heavy atom. The maximum Gasteiger partial charge on any atom is 0.127 e. The maximum atomic E-state index is 9.88.